The van der Waals surface area contributed by atoms with Crippen LogP contribution in [0.5, 0.6) is 0 Å². The molecule has 1 nitrogen and oxygen atoms in total. The van der Waals surface area contributed by atoms with Gasteiger partial charge in [-0.1, -0.05) is 19.9 Å². The lowest BCUT2D eigenvalue weighted by Crippen LogP contribution is -2.49. The van der Waals surface area contributed by atoms with Gasteiger partial charge in [-0.25, -0.2) is 4.39 Å². The Morgan fingerprint density at radius 3 is 2.69 bits per heavy atom. The average molecular weight is 222 g/mol. The smallest absolute Gasteiger partial charge is 0.123 e. The van der Waals surface area contributed by atoms with Crippen LogP contribution in [0.1, 0.15) is 43.7 Å². The lowest BCUT2D eigenvalue weighted by molar-refractivity contribution is -0.0779. The molecule has 1 aliphatic rings. The number of rotatable bonds is 2. The molecule has 0 aromatic heterocycles. The molecular weight excluding hydrogens is 203 g/mol. The van der Waals surface area contributed by atoms with Crippen molar-refractivity contribution in [3.8, 4) is 0 Å². The summed E-state index contributed by atoms with van der Waals surface area (Å²) in [6, 6.07) is 4.97. The van der Waals surface area contributed by atoms with Crippen LogP contribution in [-0.4, -0.2) is 11.2 Å². The number of hydrogen-bond donors (Lipinski definition) is 1. The highest BCUT2D eigenvalue weighted by molar-refractivity contribution is 5.34. The number of aryl methyl sites for hydroxylation is 1. The van der Waals surface area contributed by atoms with Crippen LogP contribution >= 0.6 is 0 Å². The fraction of sp³-hybridized carbons (Fsp3) is 0.571. The highest BCUT2D eigenvalue weighted by Crippen LogP contribution is 2.55. The van der Waals surface area contributed by atoms with E-state index < -0.39 is 0 Å². The standard InChI is InChI=1S/C14H19FO/c1-4-14(3)12(8-13(14)16)11-6-5-10(15)7-9(11)2/h5-7,12-13,16H,4,8H2,1-3H3. The Labute approximate surface area is 96.3 Å². The first kappa shape index (κ1) is 11.6. The predicted octanol–water partition coefficient (Wildman–Crippen LogP) is 3.40. The van der Waals surface area contributed by atoms with Crippen LogP contribution in [0.25, 0.3) is 0 Å². The summed E-state index contributed by atoms with van der Waals surface area (Å²) in [5, 5.41) is 9.87. The molecule has 3 unspecified atom stereocenters. The molecule has 0 radical (unpaired) electrons. The number of benzene rings is 1. The zero-order chi connectivity index (χ0) is 11.9. The second-order valence-electron chi connectivity index (χ2n) is 5.16. The first-order chi connectivity index (χ1) is 7.49. The maximum atomic E-state index is 13.0. The van der Waals surface area contributed by atoms with E-state index in [1.807, 2.05) is 13.0 Å². The first-order valence-corrected chi connectivity index (χ1v) is 5.93. The molecule has 88 valence electrons. The van der Waals surface area contributed by atoms with E-state index in [2.05, 4.69) is 13.8 Å². The Morgan fingerprint density at radius 1 is 1.50 bits per heavy atom. The number of aliphatic hydroxyl groups excluding tert-OH is 1. The molecule has 1 N–H and O–H groups in total. The van der Waals surface area contributed by atoms with E-state index in [0.717, 1.165) is 18.4 Å². The monoisotopic (exact) mass is 222 g/mol. The molecule has 1 aliphatic carbocycles. The lowest BCUT2D eigenvalue weighted by Gasteiger charge is -2.52. The summed E-state index contributed by atoms with van der Waals surface area (Å²) in [5.74, 6) is 0.187. The van der Waals surface area contributed by atoms with Gasteiger partial charge in [-0.05, 0) is 48.9 Å². The molecule has 0 saturated heterocycles. The molecule has 0 amide bonds. The zero-order valence-electron chi connectivity index (χ0n) is 10.1. The van der Waals surface area contributed by atoms with E-state index in [1.54, 1.807) is 6.07 Å². The second-order valence-corrected chi connectivity index (χ2v) is 5.16. The van der Waals surface area contributed by atoms with Crippen molar-refractivity contribution in [2.75, 3.05) is 0 Å². The number of aliphatic hydroxyl groups is 1. The van der Waals surface area contributed by atoms with Gasteiger partial charge in [0.15, 0.2) is 0 Å². The maximum absolute atomic E-state index is 13.0. The van der Waals surface area contributed by atoms with Crippen molar-refractivity contribution < 1.29 is 9.50 Å². The van der Waals surface area contributed by atoms with Gasteiger partial charge >= 0.3 is 0 Å². The Kier molecular flexibility index (Phi) is 2.79. The summed E-state index contributed by atoms with van der Waals surface area (Å²) >= 11 is 0. The lowest BCUT2D eigenvalue weighted by atomic mass is 9.55. The molecule has 0 bridgehead atoms. The summed E-state index contributed by atoms with van der Waals surface area (Å²) in [6.45, 7) is 6.17. The first-order valence-electron chi connectivity index (χ1n) is 5.93. The van der Waals surface area contributed by atoms with Crippen LogP contribution in [0.2, 0.25) is 0 Å². The summed E-state index contributed by atoms with van der Waals surface area (Å²) < 4.78 is 13.0. The zero-order valence-corrected chi connectivity index (χ0v) is 10.1. The third-order valence-electron chi connectivity index (χ3n) is 4.39. The Bertz CT molecular complexity index is 402. The highest BCUT2D eigenvalue weighted by atomic mass is 19.1. The minimum atomic E-state index is -0.216. The highest BCUT2D eigenvalue weighted by Gasteiger charge is 2.50. The predicted molar refractivity (Wildman–Crippen MR) is 62.9 cm³/mol. The number of hydrogen-bond acceptors (Lipinski definition) is 1. The van der Waals surface area contributed by atoms with Gasteiger partial charge in [0.05, 0.1) is 6.10 Å². The van der Waals surface area contributed by atoms with Gasteiger partial charge in [0.2, 0.25) is 0 Å². The average Bonchev–Trinajstić information content (AvgIpc) is 2.26. The van der Waals surface area contributed by atoms with Gasteiger partial charge in [0, 0.05) is 5.41 Å². The fourth-order valence-corrected chi connectivity index (χ4v) is 2.83. The van der Waals surface area contributed by atoms with Gasteiger partial charge in [-0.2, -0.15) is 0 Å². The number of halogens is 1. The molecule has 1 fully saturated rings. The minimum Gasteiger partial charge on any atom is -0.393 e. The molecule has 0 spiro atoms. The van der Waals surface area contributed by atoms with Crippen molar-refractivity contribution in [2.45, 2.75) is 45.6 Å². The quantitative estimate of drug-likeness (QED) is 0.813. The molecule has 1 aromatic carbocycles. The second kappa shape index (κ2) is 3.85. The molecule has 2 rings (SSSR count). The van der Waals surface area contributed by atoms with Crippen LogP contribution in [-0.2, 0) is 0 Å². The molecule has 2 heteroatoms. The third-order valence-corrected chi connectivity index (χ3v) is 4.39. The van der Waals surface area contributed by atoms with Crippen molar-refractivity contribution in [2.24, 2.45) is 5.41 Å². The van der Waals surface area contributed by atoms with Gasteiger partial charge in [-0.3, -0.25) is 0 Å². The molecule has 0 heterocycles. The van der Waals surface area contributed by atoms with Crippen molar-refractivity contribution in [3.63, 3.8) is 0 Å². The van der Waals surface area contributed by atoms with Crippen LogP contribution in [0, 0.1) is 18.2 Å². The minimum absolute atomic E-state index is 0.0391. The summed E-state index contributed by atoms with van der Waals surface area (Å²) in [6.07, 6.45) is 1.54. The topological polar surface area (TPSA) is 20.2 Å². The van der Waals surface area contributed by atoms with Gasteiger partial charge < -0.3 is 5.11 Å². The molecule has 1 saturated carbocycles. The fourth-order valence-electron chi connectivity index (χ4n) is 2.83. The normalized spacial score (nSPS) is 33.6. The van der Waals surface area contributed by atoms with Crippen molar-refractivity contribution in [1.29, 1.82) is 0 Å². The summed E-state index contributed by atoms with van der Waals surface area (Å²) in [7, 11) is 0. The Morgan fingerprint density at radius 2 is 2.19 bits per heavy atom. The largest absolute Gasteiger partial charge is 0.393 e. The van der Waals surface area contributed by atoms with E-state index in [-0.39, 0.29) is 17.3 Å². The van der Waals surface area contributed by atoms with Crippen LogP contribution in [0.4, 0.5) is 4.39 Å². The summed E-state index contributed by atoms with van der Waals surface area (Å²) in [4.78, 5) is 0. The van der Waals surface area contributed by atoms with Crippen molar-refractivity contribution in [3.05, 3.63) is 35.1 Å². The summed E-state index contributed by atoms with van der Waals surface area (Å²) in [5.41, 5.74) is 2.15. The van der Waals surface area contributed by atoms with E-state index in [0.29, 0.717) is 5.92 Å². The van der Waals surface area contributed by atoms with E-state index in [4.69, 9.17) is 0 Å². The van der Waals surface area contributed by atoms with E-state index >= 15 is 0 Å². The Balaban J connectivity index is 2.33. The Hall–Kier alpha value is -0.890. The molecule has 3 atom stereocenters. The van der Waals surface area contributed by atoms with Gasteiger partial charge in [0.1, 0.15) is 5.82 Å². The van der Waals surface area contributed by atoms with Crippen molar-refractivity contribution >= 4 is 0 Å². The van der Waals surface area contributed by atoms with Gasteiger partial charge in [0.25, 0.3) is 0 Å². The molecule has 1 aromatic rings. The van der Waals surface area contributed by atoms with Crippen molar-refractivity contribution in [1.82, 2.24) is 0 Å². The third kappa shape index (κ3) is 1.56. The SMILES string of the molecule is CCC1(C)C(O)CC1c1ccc(F)cc1C. The van der Waals surface area contributed by atoms with Crippen LogP contribution in [0.3, 0.4) is 0 Å². The maximum Gasteiger partial charge on any atom is 0.123 e. The molecule has 16 heavy (non-hydrogen) atoms. The van der Waals surface area contributed by atoms with E-state index in [9.17, 15) is 9.50 Å². The van der Waals surface area contributed by atoms with Gasteiger partial charge in [-0.15, -0.1) is 0 Å². The molecule has 0 aliphatic heterocycles. The molecular formula is C14H19FO. The van der Waals surface area contributed by atoms with Crippen LogP contribution < -0.4 is 0 Å². The van der Waals surface area contributed by atoms with E-state index in [1.165, 1.54) is 11.6 Å². The van der Waals surface area contributed by atoms with Crippen LogP contribution in [0.15, 0.2) is 18.2 Å².